The first-order chi connectivity index (χ1) is 12.6. The molecule has 0 saturated carbocycles. The molecule has 0 fully saturated rings. The highest BCUT2D eigenvalue weighted by Gasteiger charge is 2.13. The largest absolute Gasteiger partial charge is 0.497 e. The average Bonchev–Trinajstić information content (AvgIpc) is 3.29. The van der Waals surface area contributed by atoms with E-state index in [2.05, 4.69) is 20.8 Å². The zero-order valence-corrected chi connectivity index (χ0v) is 14.1. The maximum atomic E-state index is 13.8. The fourth-order valence-electron chi connectivity index (χ4n) is 2.18. The fraction of sp³-hybridized carbons (Fsp3) is 0.176. The van der Waals surface area contributed by atoms with Crippen LogP contribution < -0.4 is 10.2 Å². The maximum Gasteiger partial charge on any atom is 0.293 e. The summed E-state index contributed by atoms with van der Waals surface area (Å²) >= 11 is 0. The van der Waals surface area contributed by atoms with E-state index in [0.29, 0.717) is 18.1 Å². The predicted octanol–water partition coefficient (Wildman–Crippen LogP) is 2.47. The molecular formula is C17H16FN5O3. The number of amides is 1. The Morgan fingerprint density at radius 1 is 1.42 bits per heavy atom. The number of carbonyl (C=O) groups excluding carboxylic acids is 1. The van der Waals surface area contributed by atoms with Crippen molar-refractivity contribution in [3.8, 4) is 17.1 Å². The van der Waals surface area contributed by atoms with Crippen molar-refractivity contribution in [3.05, 3.63) is 53.7 Å². The van der Waals surface area contributed by atoms with Crippen LogP contribution in [0.2, 0.25) is 0 Å². The van der Waals surface area contributed by atoms with Gasteiger partial charge in [-0.1, -0.05) is 5.16 Å². The second-order valence-electron chi connectivity index (χ2n) is 5.21. The van der Waals surface area contributed by atoms with E-state index in [9.17, 15) is 9.18 Å². The molecule has 0 unspecified atom stereocenters. The average molecular weight is 357 g/mol. The molecule has 1 aromatic carbocycles. The van der Waals surface area contributed by atoms with Crippen molar-refractivity contribution in [1.29, 1.82) is 0 Å². The molecule has 0 radical (unpaired) electrons. The number of rotatable bonds is 6. The molecule has 2 aromatic heterocycles. The topological polar surface area (TPSA) is 94.5 Å². The van der Waals surface area contributed by atoms with Crippen molar-refractivity contribution in [2.45, 2.75) is 13.5 Å². The third kappa shape index (κ3) is 3.61. The highest BCUT2D eigenvalue weighted by Crippen LogP contribution is 2.23. The minimum Gasteiger partial charge on any atom is -0.497 e. The van der Waals surface area contributed by atoms with Crippen LogP contribution in [0.4, 0.5) is 4.39 Å². The van der Waals surface area contributed by atoms with Crippen LogP contribution in [0, 0.1) is 5.95 Å². The van der Waals surface area contributed by atoms with Gasteiger partial charge in [0.2, 0.25) is 5.95 Å². The van der Waals surface area contributed by atoms with Crippen LogP contribution in [0.1, 0.15) is 23.0 Å². The number of carbonyl (C=O) groups is 1. The van der Waals surface area contributed by atoms with E-state index in [1.807, 2.05) is 0 Å². The van der Waals surface area contributed by atoms with Crippen molar-refractivity contribution in [3.63, 3.8) is 0 Å². The van der Waals surface area contributed by atoms with E-state index in [-0.39, 0.29) is 11.3 Å². The van der Waals surface area contributed by atoms with Crippen LogP contribution in [0.15, 0.2) is 46.2 Å². The molecule has 0 aliphatic carbocycles. The van der Waals surface area contributed by atoms with Crippen LogP contribution >= 0.6 is 0 Å². The van der Waals surface area contributed by atoms with E-state index in [4.69, 9.17) is 9.26 Å². The highest BCUT2D eigenvalue weighted by molar-refractivity contribution is 5.93. The molecule has 0 bridgehead atoms. The quantitative estimate of drug-likeness (QED) is 0.540. The molecule has 1 amide bonds. The smallest absolute Gasteiger partial charge is 0.293 e. The number of hydrogen-bond donors (Lipinski definition) is 1. The predicted molar refractivity (Wildman–Crippen MR) is 91.4 cm³/mol. The first kappa shape index (κ1) is 17.3. The summed E-state index contributed by atoms with van der Waals surface area (Å²) in [6.45, 7) is 2.17. The van der Waals surface area contributed by atoms with Crippen molar-refractivity contribution in [2.75, 3.05) is 7.11 Å². The molecule has 0 aliphatic heterocycles. The summed E-state index contributed by atoms with van der Waals surface area (Å²) in [5.41, 5.74) is 3.24. The van der Waals surface area contributed by atoms with Crippen LogP contribution in [0.5, 0.6) is 5.75 Å². The molecule has 0 aliphatic rings. The van der Waals surface area contributed by atoms with Gasteiger partial charge >= 0.3 is 0 Å². The lowest BCUT2D eigenvalue weighted by Crippen LogP contribution is -2.17. The molecule has 3 aromatic rings. The van der Waals surface area contributed by atoms with Gasteiger partial charge in [0, 0.05) is 18.2 Å². The third-order valence-electron chi connectivity index (χ3n) is 3.59. The molecule has 0 atom stereocenters. The number of aromatic nitrogens is 3. The van der Waals surface area contributed by atoms with Gasteiger partial charge in [0.25, 0.3) is 5.91 Å². The van der Waals surface area contributed by atoms with Gasteiger partial charge < -0.3 is 9.26 Å². The number of nitrogens with one attached hydrogen (secondary N) is 1. The Bertz CT molecular complexity index is 930. The van der Waals surface area contributed by atoms with Crippen molar-refractivity contribution in [1.82, 2.24) is 20.4 Å². The number of methoxy groups -OCH3 is 1. The molecule has 0 spiro atoms. The number of hydrazone groups is 1. The standard InChI is InChI=1S/C17H16FN5O3/c1-3-23-16(18)12(10-20-23)9-19-21-17(24)14-8-15(26-22-14)11-4-6-13(25-2)7-5-11/h4-10H,3H2,1-2H3,(H,21,24)/b19-9+. The Labute approximate surface area is 148 Å². The van der Waals surface area contributed by atoms with Gasteiger partial charge in [-0.05, 0) is 31.2 Å². The van der Waals surface area contributed by atoms with Crippen LogP contribution in [-0.4, -0.2) is 34.2 Å². The van der Waals surface area contributed by atoms with Gasteiger partial charge in [-0.25, -0.2) is 10.1 Å². The Kier molecular flexibility index (Phi) is 5.07. The number of ether oxygens (including phenoxy) is 1. The fourth-order valence-corrected chi connectivity index (χ4v) is 2.18. The Morgan fingerprint density at radius 3 is 2.85 bits per heavy atom. The van der Waals surface area contributed by atoms with E-state index in [1.165, 1.54) is 23.2 Å². The summed E-state index contributed by atoms with van der Waals surface area (Å²) in [6, 6.07) is 8.60. The van der Waals surface area contributed by atoms with Crippen LogP contribution in [0.25, 0.3) is 11.3 Å². The second kappa shape index (κ2) is 7.60. The normalized spacial score (nSPS) is 11.0. The van der Waals surface area contributed by atoms with Crippen molar-refractivity contribution < 1.29 is 18.4 Å². The Morgan fingerprint density at radius 2 is 2.19 bits per heavy atom. The minimum atomic E-state index is -0.576. The number of nitrogens with zero attached hydrogens (tertiary/aromatic N) is 4. The van der Waals surface area contributed by atoms with Crippen LogP contribution in [0.3, 0.4) is 0 Å². The van der Waals surface area contributed by atoms with E-state index in [0.717, 1.165) is 5.56 Å². The molecule has 26 heavy (non-hydrogen) atoms. The van der Waals surface area contributed by atoms with Gasteiger partial charge in [-0.15, -0.1) is 0 Å². The molecule has 0 saturated heterocycles. The zero-order chi connectivity index (χ0) is 18.5. The molecule has 2 heterocycles. The number of halogens is 1. The summed E-state index contributed by atoms with van der Waals surface area (Å²) in [5.74, 6) is 0.0398. The summed E-state index contributed by atoms with van der Waals surface area (Å²) in [4.78, 5) is 12.0. The van der Waals surface area contributed by atoms with Crippen molar-refractivity contribution in [2.24, 2.45) is 5.10 Å². The summed E-state index contributed by atoms with van der Waals surface area (Å²) in [6.07, 6.45) is 2.50. The van der Waals surface area contributed by atoms with Gasteiger partial charge in [0.05, 0.1) is 25.1 Å². The molecule has 1 N–H and O–H groups in total. The maximum absolute atomic E-state index is 13.8. The lowest BCUT2D eigenvalue weighted by Gasteiger charge is -1.99. The number of aryl methyl sites for hydroxylation is 1. The van der Waals surface area contributed by atoms with Gasteiger partial charge in [-0.2, -0.15) is 14.6 Å². The Balaban J connectivity index is 1.65. The van der Waals surface area contributed by atoms with E-state index < -0.39 is 11.9 Å². The third-order valence-corrected chi connectivity index (χ3v) is 3.59. The number of benzene rings is 1. The molecular weight excluding hydrogens is 341 g/mol. The molecule has 8 nitrogen and oxygen atoms in total. The first-order valence-corrected chi connectivity index (χ1v) is 7.78. The zero-order valence-electron chi connectivity index (χ0n) is 14.1. The van der Waals surface area contributed by atoms with E-state index >= 15 is 0 Å². The highest BCUT2D eigenvalue weighted by atomic mass is 19.1. The molecule has 9 heteroatoms. The van der Waals surface area contributed by atoms with Gasteiger partial charge in [-0.3, -0.25) is 4.79 Å². The summed E-state index contributed by atoms with van der Waals surface area (Å²) in [5, 5.41) is 11.3. The van der Waals surface area contributed by atoms with Crippen LogP contribution in [-0.2, 0) is 6.54 Å². The van der Waals surface area contributed by atoms with Gasteiger partial charge in [0.15, 0.2) is 11.5 Å². The monoisotopic (exact) mass is 357 g/mol. The van der Waals surface area contributed by atoms with Gasteiger partial charge in [0.1, 0.15) is 5.75 Å². The number of hydrogen-bond acceptors (Lipinski definition) is 6. The first-order valence-electron chi connectivity index (χ1n) is 7.78. The second-order valence-corrected chi connectivity index (χ2v) is 5.21. The summed E-state index contributed by atoms with van der Waals surface area (Å²) < 4.78 is 25.2. The minimum absolute atomic E-state index is 0.0534. The lowest BCUT2D eigenvalue weighted by atomic mass is 10.1. The summed E-state index contributed by atoms with van der Waals surface area (Å²) in [7, 11) is 1.57. The molecule has 3 rings (SSSR count). The Hall–Kier alpha value is -3.49. The van der Waals surface area contributed by atoms with Crippen molar-refractivity contribution >= 4 is 12.1 Å². The molecule has 134 valence electrons. The van der Waals surface area contributed by atoms with E-state index in [1.54, 1.807) is 38.3 Å². The SMILES string of the molecule is CCn1ncc(/C=N/NC(=O)c2cc(-c3ccc(OC)cc3)on2)c1F. The lowest BCUT2D eigenvalue weighted by molar-refractivity contribution is 0.0946.